The first-order valence-electron chi connectivity index (χ1n) is 8.76. The number of nitrogens with one attached hydrogen (secondary N) is 2. The van der Waals surface area contributed by atoms with Crippen LogP contribution >= 0.6 is 11.6 Å². The third kappa shape index (κ3) is 4.61. The Labute approximate surface area is 153 Å². The van der Waals surface area contributed by atoms with Gasteiger partial charge in [-0.3, -0.25) is 0 Å². The first-order chi connectivity index (χ1) is 12.0. The molecule has 5 nitrogen and oxygen atoms in total. The van der Waals surface area contributed by atoms with Gasteiger partial charge < -0.3 is 15.7 Å². The van der Waals surface area contributed by atoms with Crippen molar-refractivity contribution >= 4 is 29.1 Å². The number of aliphatic hydroxyl groups excluding tert-OH is 1. The van der Waals surface area contributed by atoms with Gasteiger partial charge in [0, 0.05) is 12.0 Å². The van der Waals surface area contributed by atoms with E-state index < -0.39 is 0 Å². The normalized spacial score (nSPS) is 15.3. The SMILES string of the molecule is Cc1ccc(Nc2cc(C3CC3)nc(N[C@H](CO)C(C)C)n2)c(Cl)c1. The lowest BCUT2D eigenvalue weighted by Crippen LogP contribution is -2.30. The third-order valence-electron chi connectivity index (χ3n) is 4.44. The van der Waals surface area contributed by atoms with Gasteiger partial charge >= 0.3 is 0 Å². The fourth-order valence-electron chi connectivity index (χ4n) is 2.63. The van der Waals surface area contributed by atoms with Gasteiger partial charge in [-0.05, 0) is 43.4 Å². The molecule has 1 saturated carbocycles. The van der Waals surface area contributed by atoms with E-state index in [9.17, 15) is 5.11 Å². The molecule has 3 rings (SSSR count). The summed E-state index contributed by atoms with van der Waals surface area (Å²) in [5.41, 5.74) is 2.96. The highest BCUT2D eigenvalue weighted by Gasteiger charge is 2.26. The van der Waals surface area contributed by atoms with Crippen LogP contribution in [0.25, 0.3) is 0 Å². The molecule has 2 aromatic rings. The van der Waals surface area contributed by atoms with Crippen molar-refractivity contribution in [2.75, 3.05) is 17.2 Å². The lowest BCUT2D eigenvalue weighted by molar-refractivity contribution is 0.248. The van der Waals surface area contributed by atoms with Crippen LogP contribution in [0.3, 0.4) is 0 Å². The Balaban J connectivity index is 1.87. The molecule has 1 aliphatic rings. The second-order valence-corrected chi connectivity index (χ2v) is 7.47. The second kappa shape index (κ2) is 7.58. The number of anilines is 3. The number of nitrogens with zero attached hydrogens (tertiary/aromatic N) is 2. The molecule has 1 aromatic carbocycles. The van der Waals surface area contributed by atoms with Crippen LogP contribution in [-0.4, -0.2) is 27.7 Å². The molecule has 1 heterocycles. The van der Waals surface area contributed by atoms with E-state index in [2.05, 4.69) is 34.4 Å². The quantitative estimate of drug-likeness (QED) is 0.678. The van der Waals surface area contributed by atoms with Crippen LogP contribution < -0.4 is 10.6 Å². The van der Waals surface area contributed by atoms with Crippen molar-refractivity contribution in [1.82, 2.24) is 9.97 Å². The summed E-state index contributed by atoms with van der Waals surface area (Å²) in [6.45, 7) is 6.17. The Morgan fingerprint density at radius 1 is 1.24 bits per heavy atom. The van der Waals surface area contributed by atoms with Crippen LogP contribution in [0.4, 0.5) is 17.5 Å². The summed E-state index contributed by atoms with van der Waals surface area (Å²) in [5, 5.41) is 16.8. The van der Waals surface area contributed by atoms with Crippen molar-refractivity contribution in [1.29, 1.82) is 0 Å². The molecule has 0 saturated heterocycles. The van der Waals surface area contributed by atoms with Gasteiger partial charge in [-0.15, -0.1) is 0 Å². The molecule has 0 spiro atoms. The van der Waals surface area contributed by atoms with Crippen molar-refractivity contribution in [2.45, 2.75) is 45.6 Å². The minimum absolute atomic E-state index is 0.0429. The molecule has 3 N–H and O–H groups in total. The van der Waals surface area contributed by atoms with Crippen LogP contribution in [0.1, 0.15) is 43.9 Å². The first kappa shape index (κ1) is 18.0. The molecule has 0 radical (unpaired) electrons. The zero-order chi connectivity index (χ0) is 18.0. The predicted molar refractivity (Wildman–Crippen MR) is 103 cm³/mol. The molecule has 6 heteroatoms. The Morgan fingerprint density at radius 3 is 2.60 bits per heavy atom. The highest BCUT2D eigenvalue weighted by atomic mass is 35.5. The van der Waals surface area contributed by atoms with Crippen molar-refractivity contribution < 1.29 is 5.11 Å². The maximum Gasteiger partial charge on any atom is 0.225 e. The fraction of sp³-hybridized carbons (Fsp3) is 0.474. The van der Waals surface area contributed by atoms with Crippen LogP contribution in [0.2, 0.25) is 5.02 Å². The summed E-state index contributed by atoms with van der Waals surface area (Å²) >= 11 is 6.33. The van der Waals surface area contributed by atoms with E-state index in [0.29, 0.717) is 22.7 Å². The Bertz CT molecular complexity index is 746. The predicted octanol–water partition coefficient (Wildman–Crippen LogP) is 4.49. The van der Waals surface area contributed by atoms with E-state index in [1.54, 1.807) is 0 Å². The van der Waals surface area contributed by atoms with Crippen molar-refractivity contribution in [3.63, 3.8) is 0 Å². The summed E-state index contributed by atoms with van der Waals surface area (Å²) in [6, 6.07) is 7.80. The molecule has 25 heavy (non-hydrogen) atoms. The maximum atomic E-state index is 9.56. The maximum absolute atomic E-state index is 9.56. The number of hydrogen-bond donors (Lipinski definition) is 3. The van der Waals surface area contributed by atoms with E-state index in [4.69, 9.17) is 11.6 Å². The first-order valence-corrected chi connectivity index (χ1v) is 9.13. The van der Waals surface area contributed by atoms with Crippen LogP contribution in [0, 0.1) is 12.8 Å². The molecule has 1 aliphatic carbocycles. The summed E-state index contributed by atoms with van der Waals surface area (Å²) < 4.78 is 0. The molecule has 0 amide bonds. The van der Waals surface area contributed by atoms with E-state index in [-0.39, 0.29) is 18.6 Å². The van der Waals surface area contributed by atoms with Crippen molar-refractivity contribution in [3.05, 3.63) is 40.5 Å². The van der Waals surface area contributed by atoms with Gasteiger partial charge in [0.05, 0.1) is 29.1 Å². The number of hydrogen-bond acceptors (Lipinski definition) is 5. The Morgan fingerprint density at radius 2 is 2.00 bits per heavy atom. The molecular weight excluding hydrogens is 336 g/mol. The number of rotatable bonds is 7. The number of aryl methyl sites for hydroxylation is 1. The van der Waals surface area contributed by atoms with E-state index >= 15 is 0 Å². The van der Waals surface area contributed by atoms with E-state index in [1.165, 1.54) is 0 Å². The lowest BCUT2D eigenvalue weighted by Gasteiger charge is -2.20. The summed E-state index contributed by atoms with van der Waals surface area (Å²) in [4.78, 5) is 9.21. The number of halogens is 1. The van der Waals surface area contributed by atoms with Gasteiger partial charge in [0.15, 0.2) is 0 Å². The highest BCUT2D eigenvalue weighted by Crippen LogP contribution is 2.40. The minimum atomic E-state index is -0.0785. The summed E-state index contributed by atoms with van der Waals surface area (Å²) in [7, 11) is 0. The average Bonchev–Trinajstić information content (AvgIpc) is 3.40. The smallest absolute Gasteiger partial charge is 0.225 e. The van der Waals surface area contributed by atoms with Crippen LogP contribution in [0.5, 0.6) is 0 Å². The molecular formula is C19H25ClN4O. The monoisotopic (exact) mass is 360 g/mol. The zero-order valence-electron chi connectivity index (χ0n) is 14.9. The topological polar surface area (TPSA) is 70.1 Å². The van der Waals surface area contributed by atoms with E-state index in [1.807, 2.05) is 31.2 Å². The molecule has 134 valence electrons. The largest absolute Gasteiger partial charge is 0.394 e. The average molecular weight is 361 g/mol. The Hall–Kier alpha value is -1.85. The van der Waals surface area contributed by atoms with Gasteiger partial charge in [0.1, 0.15) is 5.82 Å². The van der Waals surface area contributed by atoms with Gasteiger partial charge in [-0.25, -0.2) is 4.98 Å². The molecule has 1 aromatic heterocycles. The van der Waals surface area contributed by atoms with Gasteiger partial charge in [-0.1, -0.05) is 31.5 Å². The molecule has 0 unspecified atom stereocenters. The lowest BCUT2D eigenvalue weighted by atomic mass is 10.1. The fourth-order valence-corrected chi connectivity index (χ4v) is 2.91. The second-order valence-electron chi connectivity index (χ2n) is 7.06. The summed E-state index contributed by atoms with van der Waals surface area (Å²) in [6.07, 6.45) is 2.32. The standard InChI is InChI=1S/C19H25ClN4O/c1-11(2)17(10-25)23-19-22-16(13-5-6-13)9-18(24-19)21-15-7-4-12(3)8-14(15)20/h4,7-9,11,13,17,25H,5-6,10H2,1-3H3,(H2,21,22,23,24)/t17-/m1/s1. The van der Waals surface area contributed by atoms with Crippen LogP contribution in [0.15, 0.2) is 24.3 Å². The molecule has 0 aliphatic heterocycles. The summed E-state index contributed by atoms with van der Waals surface area (Å²) in [5.74, 6) is 2.04. The number of aliphatic hydroxyl groups is 1. The molecule has 0 bridgehead atoms. The van der Waals surface area contributed by atoms with Gasteiger partial charge in [-0.2, -0.15) is 4.98 Å². The Kier molecular flexibility index (Phi) is 5.45. The van der Waals surface area contributed by atoms with Gasteiger partial charge in [0.25, 0.3) is 0 Å². The zero-order valence-corrected chi connectivity index (χ0v) is 15.6. The third-order valence-corrected chi connectivity index (χ3v) is 4.76. The highest BCUT2D eigenvalue weighted by molar-refractivity contribution is 6.33. The van der Waals surface area contributed by atoms with Crippen LogP contribution in [-0.2, 0) is 0 Å². The van der Waals surface area contributed by atoms with Crippen molar-refractivity contribution in [3.8, 4) is 0 Å². The molecule has 1 fully saturated rings. The molecule has 1 atom stereocenters. The van der Waals surface area contributed by atoms with Gasteiger partial charge in [0.2, 0.25) is 5.95 Å². The minimum Gasteiger partial charge on any atom is -0.394 e. The van der Waals surface area contributed by atoms with E-state index in [0.717, 1.165) is 29.8 Å². The number of benzene rings is 1. The van der Waals surface area contributed by atoms with Crippen molar-refractivity contribution in [2.24, 2.45) is 5.92 Å². The number of aromatic nitrogens is 2.